The lowest BCUT2D eigenvalue weighted by atomic mass is 10.1. The maximum absolute atomic E-state index is 12.0. The highest BCUT2D eigenvalue weighted by Gasteiger charge is 2.05. The molecule has 1 aromatic carbocycles. The van der Waals surface area contributed by atoms with Gasteiger partial charge in [0.1, 0.15) is 0 Å². The zero-order chi connectivity index (χ0) is 17.4. The van der Waals surface area contributed by atoms with Crippen molar-refractivity contribution in [2.75, 3.05) is 20.1 Å². The summed E-state index contributed by atoms with van der Waals surface area (Å²) in [6, 6.07) is 11.8. The van der Waals surface area contributed by atoms with Crippen LogP contribution in [0, 0.1) is 13.8 Å². The van der Waals surface area contributed by atoms with Gasteiger partial charge >= 0.3 is 0 Å². The number of hydrogen-bond acceptors (Lipinski definition) is 3. The number of thiophene rings is 1. The summed E-state index contributed by atoms with van der Waals surface area (Å²) in [5.74, 6) is 0.670. The fourth-order valence-electron chi connectivity index (χ4n) is 2.22. The second-order valence-electron chi connectivity index (χ2n) is 5.49. The molecule has 2 rings (SSSR count). The van der Waals surface area contributed by atoms with Crippen LogP contribution < -0.4 is 16.0 Å². The van der Waals surface area contributed by atoms with E-state index in [0.717, 1.165) is 18.1 Å². The average Bonchev–Trinajstić information content (AvgIpc) is 2.99. The summed E-state index contributed by atoms with van der Waals surface area (Å²) in [5, 5.41) is 9.36. The third kappa shape index (κ3) is 5.70. The van der Waals surface area contributed by atoms with Gasteiger partial charge in [-0.25, -0.2) is 0 Å². The molecule has 0 saturated carbocycles. The van der Waals surface area contributed by atoms with E-state index in [9.17, 15) is 4.79 Å². The van der Waals surface area contributed by atoms with Gasteiger partial charge in [-0.1, -0.05) is 17.7 Å². The van der Waals surface area contributed by atoms with E-state index in [1.165, 1.54) is 9.75 Å². The van der Waals surface area contributed by atoms with Crippen LogP contribution in [0.2, 0.25) is 0 Å². The molecule has 6 heteroatoms. The van der Waals surface area contributed by atoms with Crippen molar-refractivity contribution in [2.45, 2.75) is 20.4 Å². The van der Waals surface area contributed by atoms with Gasteiger partial charge in [0, 0.05) is 35.5 Å². The van der Waals surface area contributed by atoms with Crippen LogP contribution in [-0.2, 0) is 6.54 Å². The summed E-state index contributed by atoms with van der Waals surface area (Å²) in [4.78, 5) is 18.8. The largest absolute Gasteiger partial charge is 0.355 e. The Morgan fingerprint density at radius 1 is 1.08 bits per heavy atom. The van der Waals surface area contributed by atoms with Crippen LogP contribution in [0.15, 0.2) is 41.4 Å². The smallest absolute Gasteiger partial charge is 0.251 e. The van der Waals surface area contributed by atoms with E-state index >= 15 is 0 Å². The van der Waals surface area contributed by atoms with Gasteiger partial charge in [-0.15, -0.1) is 11.3 Å². The third-order valence-electron chi connectivity index (χ3n) is 3.43. The van der Waals surface area contributed by atoms with Gasteiger partial charge in [0.2, 0.25) is 0 Å². The van der Waals surface area contributed by atoms with Crippen molar-refractivity contribution in [1.29, 1.82) is 0 Å². The summed E-state index contributed by atoms with van der Waals surface area (Å²) < 4.78 is 0. The fraction of sp³-hybridized carbons (Fsp3) is 0.333. The zero-order valence-electron chi connectivity index (χ0n) is 14.3. The lowest BCUT2D eigenvalue weighted by molar-refractivity contribution is 0.0954. The Kier molecular flexibility index (Phi) is 6.81. The first-order valence-electron chi connectivity index (χ1n) is 7.93. The van der Waals surface area contributed by atoms with Crippen molar-refractivity contribution in [1.82, 2.24) is 16.0 Å². The summed E-state index contributed by atoms with van der Waals surface area (Å²) in [6.07, 6.45) is 0. The molecule has 1 aromatic heterocycles. The minimum Gasteiger partial charge on any atom is -0.355 e. The second kappa shape index (κ2) is 9.08. The summed E-state index contributed by atoms with van der Waals surface area (Å²) in [5.41, 5.74) is 1.76. The number of aliphatic imine (C=N–C) groups is 1. The Balaban J connectivity index is 1.69. The maximum atomic E-state index is 12.0. The Labute approximate surface area is 147 Å². The van der Waals surface area contributed by atoms with Gasteiger partial charge in [-0.05, 0) is 38.1 Å². The van der Waals surface area contributed by atoms with E-state index in [4.69, 9.17) is 0 Å². The lowest BCUT2D eigenvalue weighted by Crippen LogP contribution is -2.41. The van der Waals surface area contributed by atoms with E-state index < -0.39 is 0 Å². The monoisotopic (exact) mass is 344 g/mol. The van der Waals surface area contributed by atoms with Gasteiger partial charge in [0.25, 0.3) is 5.91 Å². The first-order chi connectivity index (χ1) is 11.6. The molecular weight excluding hydrogens is 320 g/mol. The third-order valence-corrected chi connectivity index (χ3v) is 4.43. The highest BCUT2D eigenvalue weighted by Crippen LogP contribution is 2.14. The van der Waals surface area contributed by atoms with Crippen molar-refractivity contribution in [3.63, 3.8) is 0 Å². The highest BCUT2D eigenvalue weighted by molar-refractivity contribution is 7.11. The standard InChI is InChI=1S/C18H24N4OS/c1-13-5-4-6-15(11-13)17(23)20-9-10-21-18(19-3)22-12-16-8-7-14(2)24-16/h4-8,11H,9-10,12H2,1-3H3,(H,20,23)(H2,19,21,22). The predicted octanol–water partition coefficient (Wildman–Crippen LogP) is 2.46. The van der Waals surface area contributed by atoms with E-state index in [-0.39, 0.29) is 5.91 Å². The van der Waals surface area contributed by atoms with Crippen LogP contribution in [-0.4, -0.2) is 32.0 Å². The molecule has 0 aliphatic carbocycles. The molecular formula is C18H24N4OS. The zero-order valence-corrected chi connectivity index (χ0v) is 15.2. The normalized spacial score (nSPS) is 11.2. The number of benzene rings is 1. The maximum Gasteiger partial charge on any atom is 0.251 e. The molecule has 1 heterocycles. The summed E-state index contributed by atoms with van der Waals surface area (Å²) in [7, 11) is 1.74. The molecule has 24 heavy (non-hydrogen) atoms. The number of nitrogens with one attached hydrogen (secondary N) is 3. The minimum atomic E-state index is -0.0579. The number of carbonyl (C=O) groups is 1. The topological polar surface area (TPSA) is 65.5 Å². The van der Waals surface area contributed by atoms with Crippen LogP contribution in [0.3, 0.4) is 0 Å². The molecule has 3 N–H and O–H groups in total. The first-order valence-corrected chi connectivity index (χ1v) is 8.75. The predicted molar refractivity (Wildman–Crippen MR) is 101 cm³/mol. The van der Waals surface area contributed by atoms with Crippen molar-refractivity contribution >= 4 is 23.2 Å². The Morgan fingerprint density at radius 2 is 1.88 bits per heavy atom. The molecule has 0 atom stereocenters. The Hall–Kier alpha value is -2.34. The van der Waals surface area contributed by atoms with Crippen molar-refractivity contribution in [3.05, 3.63) is 57.3 Å². The molecule has 5 nitrogen and oxygen atoms in total. The second-order valence-corrected chi connectivity index (χ2v) is 6.86. The molecule has 0 unspecified atom stereocenters. The van der Waals surface area contributed by atoms with E-state index in [2.05, 4.69) is 40.0 Å². The van der Waals surface area contributed by atoms with Crippen LogP contribution in [0.1, 0.15) is 25.7 Å². The molecule has 1 amide bonds. The quantitative estimate of drug-likeness (QED) is 0.428. The average molecular weight is 344 g/mol. The highest BCUT2D eigenvalue weighted by atomic mass is 32.1. The number of aryl methyl sites for hydroxylation is 2. The SMILES string of the molecule is CN=C(NCCNC(=O)c1cccc(C)c1)NCc1ccc(C)s1. The number of nitrogens with zero attached hydrogens (tertiary/aromatic N) is 1. The van der Waals surface area contributed by atoms with Gasteiger partial charge in [0.05, 0.1) is 6.54 Å². The van der Waals surface area contributed by atoms with E-state index in [0.29, 0.717) is 18.7 Å². The van der Waals surface area contributed by atoms with Crippen molar-refractivity contribution < 1.29 is 4.79 Å². The van der Waals surface area contributed by atoms with Crippen LogP contribution in [0.25, 0.3) is 0 Å². The molecule has 0 aliphatic heterocycles. The Bertz CT molecular complexity index is 709. The number of guanidine groups is 1. The van der Waals surface area contributed by atoms with Gasteiger partial charge in [-0.2, -0.15) is 0 Å². The van der Waals surface area contributed by atoms with Crippen molar-refractivity contribution in [3.8, 4) is 0 Å². The number of amides is 1. The summed E-state index contributed by atoms with van der Waals surface area (Å²) in [6.45, 7) is 5.96. The van der Waals surface area contributed by atoms with Crippen molar-refractivity contribution in [2.24, 2.45) is 4.99 Å². The number of rotatable bonds is 6. The molecule has 0 spiro atoms. The van der Waals surface area contributed by atoms with E-state index in [1.807, 2.05) is 31.2 Å². The first kappa shape index (κ1) is 18.0. The van der Waals surface area contributed by atoms with Gasteiger partial charge < -0.3 is 16.0 Å². The molecule has 0 aliphatic rings. The molecule has 0 bridgehead atoms. The van der Waals surface area contributed by atoms with Crippen LogP contribution in [0.4, 0.5) is 0 Å². The molecule has 0 saturated heterocycles. The Morgan fingerprint density at radius 3 is 2.54 bits per heavy atom. The summed E-state index contributed by atoms with van der Waals surface area (Å²) >= 11 is 1.77. The van der Waals surface area contributed by atoms with Crippen LogP contribution in [0.5, 0.6) is 0 Å². The van der Waals surface area contributed by atoms with Gasteiger partial charge in [-0.3, -0.25) is 9.79 Å². The van der Waals surface area contributed by atoms with Gasteiger partial charge in [0.15, 0.2) is 5.96 Å². The fourth-order valence-corrected chi connectivity index (χ4v) is 3.05. The number of carbonyl (C=O) groups excluding carboxylic acids is 1. The number of hydrogen-bond donors (Lipinski definition) is 3. The molecule has 0 radical (unpaired) electrons. The minimum absolute atomic E-state index is 0.0579. The molecule has 0 fully saturated rings. The van der Waals surface area contributed by atoms with Crippen LogP contribution >= 0.6 is 11.3 Å². The lowest BCUT2D eigenvalue weighted by Gasteiger charge is -2.12. The molecule has 2 aromatic rings. The molecule has 128 valence electrons. The van der Waals surface area contributed by atoms with E-state index in [1.54, 1.807) is 18.4 Å².